The van der Waals surface area contributed by atoms with E-state index in [1.807, 2.05) is 0 Å². The molecule has 1 aliphatic rings. The Labute approximate surface area is 92.5 Å². The van der Waals surface area contributed by atoms with Crippen LogP contribution < -0.4 is 4.74 Å². The monoisotopic (exact) mass is 204 g/mol. The van der Waals surface area contributed by atoms with E-state index in [2.05, 4.69) is 31.2 Å². The van der Waals surface area contributed by atoms with Crippen molar-refractivity contribution in [3.8, 4) is 5.75 Å². The maximum atomic E-state index is 5.45. The van der Waals surface area contributed by atoms with E-state index in [0.29, 0.717) is 0 Å². The van der Waals surface area contributed by atoms with Crippen molar-refractivity contribution in [2.45, 2.75) is 38.5 Å². The van der Waals surface area contributed by atoms with Crippen molar-refractivity contribution in [3.05, 3.63) is 29.8 Å². The Morgan fingerprint density at radius 1 is 1.33 bits per heavy atom. The van der Waals surface area contributed by atoms with Crippen LogP contribution in [0.5, 0.6) is 5.75 Å². The van der Waals surface area contributed by atoms with Gasteiger partial charge in [0.25, 0.3) is 0 Å². The number of hydrogen-bond acceptors (Lipinski definition) is 1. The predicted molar refractivity (Wildman–Crippen MR) is 63.4 cm³/mol. The highest BCUT2D eigenvalue weighted by molar-refractivity contribution is 5.37. The van der Waals surface area contributed by atoms with Gasteiger partial charge in [-0.15, -0.1) is 0 Å². The molecule has 0 spiro atoms. The number of para-hydroxylation sites is 1. The number of ether oxygens (including phenoxy) is 1. The van der Waals surface area contributed by atoms with E-state index >= 15 is 0 Å². The third-order valence-electron chi connectivity index (χ3n) is 3.33. The van der Waals surface area contributed by atoms with Crippen LogP contribution in [0.25, 0.3) is 0 Å². The Hall–Kier alpha value is -0.980. The summed E-state index contributed by atoms with van der Waals surface area (Å²) in [5, 5.41) is 0. The largest absolute Gasteiger partial charge is 0.496 e. The molecule has 1 atom stereocenters. The number of hydrogen-bond donors (Lipinski definition) is 0. The summed E-state index contributed by atoms with van der Waals surface area (Å²) in [5.41, 5.74) is 1.42. The van der Waals surface area contributed by atoms with Gasteiger partial charge in [-0.25, -0.2) is 0 Å². The summed E-state index contributed by atoms with van der Waals surface area (Å²) < 4.78 is 5.45. The Morgan fingerprint density at radius 3 is 2.67 bits per heavy atom. The van der Waals surface area contributed by atoms with E-state index in [1.165, 1.54) is 31.2 Å². The normalized spacial score (nSPS) is 17.5. The highest BCUT2D eigenvalue weighted by atomic mass is 16.5. The van der Waals surface area contributed by atoms with Gasteiger partial charge in [-0.05, 0) is 42.7 Å². The molecule has 0 aliphatic heterocycles. The summed E-state index contributed by atoms with van der Waals surface area (Å²) in [5.74, 6) is 2.72. The molecule has 0 radical (unpaired) electrons. The van der Waals surface area contributed by atoms with Crippen molar-refractivity contribution >= 4 is 0 Å². The molecule has 1 heteroatoms. The molecule has 15 heavy (non-hydrogen) atoms. The highest BCUT2D eigenvalue weighted by Gasteiger charge is 2.32. The molecule has 0 heterocycles. The first-order chi connectivity index (χ1) is 7.36. The molecule has 0 amide bonds. The topological polar surface area (TPSA) is 9.23 Å². The molecule has 0 bridgehead atoms. The van der Waals surface area contributed by atoms with Crippen molar-refractivity contribution < 1.29 is 4.74 Å². The fraction of sp³-hybridized carbons (Fsp3) is 0.571. The van der Waals surface area contributed by atoms with Crippen LogP contribution in [0.4, 0.5) is 0 Å². The van der Waals surface area contributed by atoms with E-state index in [9.17, 15) is 0 Å². The fourth-order valence-corrected chi connectivity index (χ4v) is 2.43. The molecule has 0 N–H and O–H groups in total. The highest BCUT2D eigenvalue weighted by Crippen LogP contribution is 2.47. The molecule has 82 valence electrons. The Balaban J connectivity index is 2.23. The molecule has 1 unspecified atom stereocenters. The summed E-state index contributed by atoms with van der Waals surface area (Å²) in [6.07, 6.45) is 5.37. The van der Waals surface area contributed by atoms with Crippen molar-refractivity contribution in [3.63, 3.8) is 0 Å². The van der Waals surface area contributed by atoms with E-state index < -0.39 is 0 Å². The first kappa shape index (κ1) is 10.5. The minimum absolute atomic E-state index is 0.728. The van der Waals surface area contributed by atoms with Crippen LogP contribution in [-0.2, 0) is 0 Å². The summed E-state index contributed by atoms with van der Waals surface area (Å²) in [6.45, 7) is 2.27. The predicted octanol–water partition coefficient (Wildman–Crippen LogP) is 3.99. The average Bonchev–Trinajstić information content (AvgIpc) is 3.10. The lowest BCUT2D eigenvalue weighted by Crippen LogP contribution is -2.03. The van der Waals surface area contributed by atoms with E-state index in [0.717, 1.165) is 17.6 Å². The summed E-state index contributed by atoms with van der Waals surface area (Å²) in [6, 6.07) is 8.50. The molecular weight excluding hydrogens is 184 g/mol. The zero-order chi connectivity index (χ0) is 10.7. The zero-order valence-electron chi connectivity index (χ0n) is 9.70. The molecule has 1 fully saturated rings. The lowest BCUT2D eigenvalue weighted by atomic mass is 9.89. The maximum absolute atomic E-state index is 5.45. The Kier molecular flexibility index (Phi) is 3.30. The second kappa shape index (κ2) is 4.69. The van der Waals surface area contributed by atoms with Gasteiger partial charge in [-0.2, -0.15) is 0 Å². The third-order valence-corrected chi connectivity index (χ3v) is 3.33. The molecule has 0 aromatic heterocycles. The lowest BCUT2D eigenvalue weighted by molar-refractivity contribution is 0.399. The van der Waals surface area contributed by atoms with Crippen LogP contribution in [0.3, 0.4) is 0 Å². The summed E-state index contributed by atoms with van der Waals surface area (Å²) in [4.78, 5) is 0. The first-order valence-corrected chi connectivity index (χ1v) is 5.99. The Bertz CT molecular complexity index is 315. The first-order valence-electron chi connectivity index (χ1n) is 5.99. The van der Waals surface area contributed by atoms with Crippen LogP contribution in [0.1, 0.15) is 44.1 Å². The molecule has 1 saturated carbocycles. The van der Waals surface area contributed by atoms with Gasteiger partial charge in [0, 0.05) is 0 Å². The van der Waals surface area contributed by atoms with Crippen molar-refractivity contribution in [2.75, 3.05) is 7.11 Å². The summed E-state index contributed by atoms with van der Waals surface area (Å²) in [7, 11) is 1.77. The van der Waals surface area contributed by atoms with Crippen LogP contribution in [-0.4, -0.2) is 7.11 Å². The SMILES string of the molecule is CCCC(c1ccccc1OC)C1CC1. The van der Waals surface area contributed by atoms with Crippen molar-refractivity contribution in [2.24, 2.45) is 5.92 Å². The zero-order valence-corrected chi connectivity index (χ0v) is 9.70. The second-order valence-electron chi connectivity index (χ2n) is 4.47. The van der Waals surface area contributed by atoms with Crippen LogP contribution in [0.15, 0.2) is 24.3 Å². The molecule has 0 saturated heterocycles. The van der Waals surface area contributed by atoms with E-state index in [1.54, 1.807) is 7.11 Å². The molecule has 1 aliphatic carbocycles. The molecule has 1 aromatic carbocycles. The van der Waals surface area contributed by atoms with Crippen LogP contribution >= 0.6 is 0 Å². The smallest absolute Gasteiger partial charge is 0.122 e. The quantitative estimate of drug-likeness (QED) is 0.704. The van der Waals surface area contributed by atoms with Crippen molar-refractivity contribution in [1.29, 1.82) is 0 Å². The average molecular weight is 204 g/mol. The summed E-state index contributed by atoms with van der Waals surface area (Å²) >= 11 is 0. The third kappa shape index (κ3) is 2.34. The number of rotatable bonds is 5. The molecule has 1 nitrogen and oxygen atoms in total. The van der Waals surface area contributed by atoms with Crippen LogP contribution in [0, 0.1) is 5.92 Å². The molecule has 1 aromatic rings. The number of methoxy groups -OCH3 is 1. The minimum Gasteiger partial charge on any atom is -0.496 e. The fourth-order valence-electron chi connectivity index (χ4n) is 2.43. The molecular formula is C14H20O. The van der Waals surface area contributed by atoms with Crippen molar-refractivity contribution in [1.82, 2.24) is 0 Å². The van der Waals surface area contributed by atoms with Gasteiger partial charge in [0.2, 0.25) is 0 Å². The van der Waals surface area contributed by atoms with Gasteiger partial charge in [-0.1, -0.05) is 31.5 Å². The van der Waals surface area contributed by atoms with Gasteiger partial charge in [0.15, 0.2) is 0 Å². The van der Waals surface area contributed by atoms with Gasteiger partial charge >= 0.3 is 0 Å². The molecule has 2 rings (SSSR count). The van der Waals surface area contributed by atoms with Crippen LogP contribution in [0.2, 0.25) is 0 Å². The van der Waals surface area contributed by atoms with Gasteiger partial charge < -0.3 is 4.74 Å². The second-order valence-corrected chi connectivity index (χ2v) is 4.47. The van der Waals surface area contributed by atoms with Gasteiger partial charge in [0.1, 0.15) is 5.75 Å². The minimum atomic E-state index is 0.728. The van der Waals surface area contributed by atoms with Gasteiger partial charge in [0.05, 0.1) is 7.11 Å². The van der Waals surface area contributed by atoms with E-state index in [4.69, 9.17) is 4.74 Å². The lowest BCUT2D eigenvalue weighted by Gasteiger charge is -2.18. The van der Waals surface area contributed by atoms with Gasteiger partial charge in [-0.3, -0.25) is 0 Å². The standard InChI is InChI=1S/C14H20O/c1-3-6-12(11-9-10-11)13-7-4-5-8-14(13)15-2/h4-5,7-8,11-12H,3,6,9-10H2,1-2H3. The maximum Gasteiger partial charge on any atom is 0.122 e. The number of benzene rings is 1. The Morgan fingerprint density at radius 2 is 2.07 bits per heavy atom. The van der Waals surface area contributed by atoms with E-state index in [-0.39, 0.29) is 0 Å².